The molecule has 0 fully saturated rings. The Morgan fingerprint density at radius 2 is 2.27 bits per heavy atom. The van der Waals surface area contributed by atoms with Gasteiger partial charge in [-0.3, -0.25) is 0 Å². The van der Waals surface area contributed by atoms with E-state index in [-0.39, 0.29) is 5.82 Å². The lowest BCUT2D eigenvalue weighted by molar-refractivity contribution is 0.584. The van der Waals surface area contributed by atoms with E-state index < -0.39 is 0 Å². The number of nitrogens with zero attached hydrogens (tertiary/aromatic N) is 3. The molecule has 3 nitrogen and oxygen atoms in total. The summed E-state index contributed by atoms with van der Waals surface area (Å²) in [5.74, 6) is -0.287. The van der Waals surface area contributed by atoms with E-state index in [4.69, 9.17) is 11.6 Å². The molecule has 0 spiro atoms. The minimum Gasteiger partial charge on any atom is -0.247 e. The molecule has 0 bridgehead atoms. The van der Waals surface area contributed by atoms with Crippen LogP contribution in [-0.4, -0.2) is 14.8 Å². The minimum atomic E-state index is -0.287. The van der Waals surface area contributed by atoms with E-state index in [2.05, 4.69) is 10.1 Å². The molecule has 78 valence electrons. The fourth-order valence-corrected chi connectivity index (χ4v) is 1.78. The second-order valence-corrected chi connectivity index (χ2v) is 4.35. The maximum atomic E-state index is 13.3. The molecular weight excluding hydrogens is 331 g/mol. The quantitative estimate of drug-likeness (QED) is 0.789. The largest absolute Gasteiger partial charge is 0.247 e. The van der Waals surface area contributed by atoms with E-state index in [0.29, 0.717) is 21.0 Å². The van der Waals surface area contributed by atoms with Crippen molar-refractivity contribution >= 4 is 34.2 Å². The summed E-state index contributed by atoms with van der Waals surface area (Å²) in [6, 6.07) is 4.45. The van der Waals surface area contributed by atoms with Crippen molar-refractivity contribution in [2.24, 2.45) is 0 Å². The van der Waals surface area contributed by atoms with E-state index in [1.165, 1.54) is 12.1 Å². The summed E-state index contributed by atoms with van der Waals surface area (Å²) in [6.07, 6.45) is 1.56. The van der Waals surface area contributed by atoms with E-state index in [0.717, 1.165) is 0 Å². The Hall–Kier alpha value is -0.690. The second-order valence-electron chi connectivity index (χ2n) is 2.95. The van der Waals surface area contributed by atoms with Crippen LogP contribution < -0.4 is 0 Å². The van der Waals surface area contributed by atoms with Gasteiger partial charge in [0.15, 0.2) is 0 Å². The summed E-state index contributed by atoms with van der Waals surface area (Å²) >= 11 is 7.77. The molecule has 0 atom stereocenters. The van der Waals surface area contributed by atoms with Crippen LogP contribution in [0.15, 0.2) is 24.5 Å². The maximum Gasteiger partial charge on any atom is 0.211 e. The molecule has 2 aromatic rings. The molecule has 1 aromatic heterocycles. The van der Waals surface area contributed by atoms with Crippen molar-refractivity contribution < 1.29 is 4.39 Å². The maximum absolute atomic E-state index is 13.3. The monoisotopic (exact) mass is 337 g/mol. The van der Waals surface area contributed by atoms with Crippen molar-refractivity contribution in [1.82, 2.24) is 14.8 Å². The van der Waals surface area contributed by atoms with Gasteiger partial charge in [0.1, 0.15) is 12.1 Å². The van der Waals surface area contributed by atoms with Crippen molar-refractivity contribution in [2.75, 3.05) is 0 Å². The van der Waals surface area contributed by atoms with Gasteiger partial charge in [0.05, 0.1) is 6.54 Å². The molecule has 0 amide bonds. The highest BCUT2D eigenvalue weighted by molar-refractivity contribution is 14.1. The van der Waals surface area contributed by atoms with Crippen molar-refractivity contribution in [1.29, 1.82) is 0 Å². The zero-order valence-electron chi connectivity index (χ0n) is 7.49. The molecule has 15 heavy (non-hydrogen) atoms. The van der Waals surface area contributed by atoms with Crippen LogP contribution in [0.4, 0.5) is 4.39 Å². The predicted molar refractivity (Wildman–Crippen MR) is 63.3 cm³/mol. The summed E-state index contributed by atoms with van der Waals surface area (Å²) in [7, 11) is 0. The van der Waals surface area contributed by atoms with Crippen LogP contribution in [0.2, 0.25) is 5.02 Å². The van der Waals surface area contributed by atoms with Gasteiger partial charge in [-0.25, -0.2) is 14.1 Å². The van der Waals surface area contributed by atoms with Crippen LogP contribution >= 0.6 is 34.2 Å². The molecule has 0 saturated heterocycles. The van der Waals surface area contributed by atoms with Gasteiger partial charge >= 0.3 is 0 Å². The summed E-state index contributed by atoms with van der Waals surface area (Å²) in [5, 5.41) is 4.57. The number of rotatable bonds is 2. The summed E-state index contributed by atoms with van der Waals surface area (Å²) in [4.78, 5) is 3.95. The zero-order valence-corrected chi connectivity index (χ0v) is 10.4. The van der Waals surface area contributed by atoms with Crippen molar-refractivity contribution in [3.63, 3.8) is 0 Å². The molecule has 0 aliphatic carbocycles. The standard InChI is InChI=1S/C9H6ClFIN3/c10-7-1-2-8(11)6(3-7)4-15-5-13-9(12)14-15/h1-3,5H,4H2. The van der Waals surface area contributed by atoms with Crippen LogP contribution in [0.25, 0.3) is 0 Å². The Kier molecular flexibility index (Phi) is 3.20. The van der Waals surface area contributed by atoms with E-state index >= 15 is 0 Å². The average molecular weight is 338 g/mol. The number of benzene rings is 1. The number of aromatic nitrogens is 3. The Labute approximate surface area is 104 Å². The first-order valence-electron chi connectivity index (χ1n) is 4.14. The van der Waals surface area contributed by atoms with Gasteiger partial charge in [0.2, 0.25) is 3.83 Å². The normalized spacial score (nSPS) is 10.6. The Balaban J connectivity index is 2.27. The van der Waals surface area contributed by atoms with Crippen LogP contribution in [0.3, 0.4) is 0 Å². The Bertz CT molecular complexity index is 486. The third-order valence-electron chi connectivity index (χ3n) is 1.85. The van der Waals surface area contributed by atoms with Gasteiger partial charge in [-0.05, 0) is 18.2 Å². The molecule has 1 heterocycles. The fraction of sp³-hybridized carbons (Fsp3) is 0.111. The molecule has 0 unspecified atom stereocenters. The second kappa shape index (κ2) is 4.44. The van der Waals surface area contributed by atoms with E-state index in [1.54, 1.807) is 17.1 Å². The average Bonchev–Trinajstić information content (AvgIpc) is 2.58. The number of hydrogen-bond acceptors (Lipinski definition) is 2. The Morgan fingerprint density at radius 3 is 2.93 bits per heavy atom. The summed E-state index contributed by atoms with van der Waals surface area (Å²) < 4.78 is 15.5. The predicted octanol–water partition coefficient (Wildman–Crippen LogP) is 2.72. The molecule has 0 aliphatic heterocycles. The lowest BCUT2D eigenvalue weighted by Gasteiger charge is -2.03. The van der Waals surface area contributed by atoms with Crippen LogP contribution in [0.1, 0.15) is 5.56 Å². The molecule has 0 aliphatic rings. The third-order valence-corrected chi connectivity index (χ3v) is 2.58. The van der Waals surface area contributed by atoms with Gasteiger partial charge in [0.25, 0.3) is 0 Å². The van der Waals surface area contributed by atoms with E-state index in [1.807, 2.05) is 22.6 Å². The molecule has 1 aromatic carbocycles. The van der Waals surface area contributed by atoms with E-state index in [9.17, 15) is 4.39 Å². The van der Waals surface area contributed by atoms with Gasteiger partial charge in [0, 0.05) is 33.2 Å². The first-order chi connectivity index (χ1) is 7.15. The highest BCUT2D eigenvalue weighted by atomic mass is 127. The summed E-state index contributed by atoms with van der Waals surface area (Å²) in [5.41, 5.74) is 0.504. The molecular formula is C9H6ClFIN3. The minimum absolute atomic E-state index is 0.287. The lowest BCUT2D eigenvalue weighted by atomic mass is 10.2. The topological polar surface area (TPSA) is 30.7 Å². The first-order valence-corrected chi connectivity index (χ1v) is 5.60. The molecule has 0 radical (unpaired) electrons. The smallest absolute Gasteiger partial charge is 0.211 e. The highest BCUT2D eigenvalue weighted by Gasteiger charge is 2.05. The molecule has 2 rings (SSSR count). The first kappa shape index (κ1) is 10.8. The van der Waals surface area contributed by atoms with Gasteiger partial charge < -0.3 is 0 Å². The van der Waals surface area contributed by atoms with Crippen LogP contribution in [0, 0.1) is 9.65 Å². The Morgan fingerprint density at radius 1 is 1.47 bits per heavy atom. The zero-order chi connectivity index (χ0) is 10.8. The van der Waals surface area contributed by atoms with Crippen molar-refractivity contribution in [2.45, 2.75) is 6.54 Å². The van der Waals surface area contributed by atoms with Crippen molar-refractivity contribution in [3.05, 3.63) is 44.8 Å². The molecule has 6 heteroatoms. The van der Waals surface area contributed by atoms with Crippen molar-refractivity contribution in [3.8, 4) is 0 Å². The van der Waals surface area contributed by atoms with Gasteiger partial charge in [-0.1, -0.05) is 11.6 Å². The van der Waals surface area contributed by atoms with Gasteiger partial charge in [-0.2, -0.15) is 0 Å². The molecule has 0 saturated carbocycles. The SMILES string of the molecule is Fc1ccc(Cl)cc1Cn1cnc(I)n1. The number of hydrogen-bond donors (Lipinski definition) is 0. The van der Waals surface area contributed by atoms with Crippen LogP contribution in [-0.2, 0) is 6.54 Å². The fourth-order valence-electron chi connectivity index (χ4n) is 1.19. The van der Waals surface area contributed by atoms with Gasteiger partial charge in [-0.15, -0.1) is 5.10 Å². The van der Waals surface area contributed by atoms with Crippen LogP contribution in [0.5, 0.6) is 0 Å². The highest BCUT2D eigenvalue weighted by Crippen LogP contribution is 2.15. The summed E-state index contributed by atoms with van der Waals surface area (Å²) in [6.45, 7) is 0.336. The third kappa shape index (κ3) is 2.66. The number of halogens is 3. The molecule has 0 N–H and O–H groups in total. The lowest BCUT2D eigenvalue weighted by Crippen LogP contribution is -2.02.